The van der Waals surface area contributed by atoms with Gasteiger partial charge in [-0.3, -0.25) is 4.79 Å². The number of nitrogens with zero attached hydrogens (tertiary/aromatic N) is 1. The summed E-state index contributed by atoms with van der Waals surface area (Å²) in [6.07, 6.45) is 4.29. The minimum absolute atomic E-state index is 0.101. The highest BCUT2D eigenvalue weighted by atomic mass is 35.5. The Labute approximate surface area is 287 Å². The summed E-state index contributed by atoms with van der Waals surface area (Å²) in [7, 11) is 0. The summed E-state index contributed by atoms with van der Waals surface area (Å²) in [6.45, 7) is 6.75. The summed E-state index contributed by atoms with van der Waals surface area (Å²) in [5.41, 5.74) is 5.32. The summed E-state index contributed by atoms with van der Waals surface area (Å²) < 4.78 is 32.2. The van der Waals surface area contributed by atoms with Crippen molar-refractivity contribution in [2.75, 3.05) is 39.4 Å². The SMILES string of the molecule is CCOc1cc(O[C@H]2CCc3c(-c4cccc(OCCCN5CCC(F)CC5)c4Cl)cccc32)c(Cl)cc1CN[C@H]1CCC(=O)NC1. The Morgan fingerprint density at radius 3 is 2.55 bits per heavy atom. The fourth-order valence-corrected chi connectivity index (χ4v) is 7.34. The highest BCUT2D eigenvalue weighted by molar-refractivity contribution is 6.35. The van der Waals surface area contributed by atoms with E-state index >= 15 is 0 Å². The molecule has 2 saturated heterocycles. The molecule has 6 rings (SSSR count). The maximum absolute atomic E-state index is 13.4. The molecule has 3 aromatic rings. The number of benzene rings is 3. The number of carbonyl (C=O) groups is 1. The minimum atomic E-state index is -0.657. The molecular formula is C37H44Cl2FN3O4. The summed E-state index contributed by atoms with van der Waals surface area (Å²) in [6, 6.07) is 16.2. The molecule has 252 valence electrons. The van der Waals surface area contributed by atoms with Gasteiger partial charge >= 0.3 is 0 Å². The van der Waals surface area contributed by atoms with Crippen molar-refractivity contribution in [2.45, 2.75) is 76.7 Å². The Morgan fingerprint density at radius 1 is 0.957 bits per heavy atom. The van der Waals surface area contributed by atoms with Gasteiger partial charge < -0.3 is 29.7 Å². The third kappa shape index (κ3) is 8.34. The topological polar surface area (TPSA) is 72.1 Å². The Morgan fingerprint density at radius 2 is 1.77 bits per heavy atom. The second-order valence-electron chi connectivity index (χ2n) is 12.6. The van der Waals surface area contributed by atoms with Gasteiger partial charge in [-0.2, -0.15) is 0 Å². The van der Waals surface area contributed by atoms with E-state index in [-0.39, 0.29) is 18.1 Å². The van der Waals surface area contributed by atoms with Crippen LogP contribution in [0.5, 0.6) is 17.2 Å². The van der Waals surface area contributed by atoms with Crippen molar-refractivity contribution in [3.05, 3.63) is 75.3 Å². The Bertz CT molecular complexity index is 1540. The first-order valence-electron chi connectivity index (χ1n) is 16.9. The minimum Gasteiger partial charge on any atom is -0.493 e. The zero-order valence-electron chi connectivity index (χ0n) is 27.0. The summed E-state index contributed by atoms with van der Waals surface area (Å²) >= 11 is 13.8. The molecule has 10 heteroatoms. The fourth-order valence-electron chi connectivity index (χ4n) is 6.83. The van der Waals surface area contributed by atoms with Crippen molar-refractivity contribution in [3.63, 3.8) is 0 Å². The number of rotatable bonds is 13. The first-order chi connectivity index (χ1) is 22.9. The third-order valence-corrected chi connectivity index (χ3v) is 10.1. The number of hydrogen-bond acceptors (Lipinski definition) is 6. The van der Waals surface area contributed by atoms with Gasteiger partial charge in [0.15, 0.2) is 0 Å². The lowest BCUT2D eigenvalue weighted by molar-refractivity contribution is -0.122. The van der Waals surface area contributed by atoms with Gasteiger partial charge in [0.25, 0.3) is 0 Å². The average molecular weight is 685 g/mol. The molecule has 0 aromatic heterocycles. The van der Waals surface area contributed by atoms with Crippen LogP contribution in [0.3, 0.4) is 0 Å². The molecule has 1 aliphatic carbocycles. The van der Waals surface area contributed by atoms with Crippen molar-refractivity contribution >= 4 is 29.1 Å². The average Bonchev–Trinajstić information content (AvgIpc) is 3.49. The molecule has 2 N–H and O–H groups in total. The number of nitrogens with one attached hydrogen (secondary N) is 2. The monoisotopic (exact) mass is 683 g/mol. The molecular weight excluding hydrogens is 640 g/mol. The number of amides is 1. The molecule has 0 bridgehead atoms. The summed E-state index contributed by atoms with van der Waals surface area (Å²) in [4.78, 5) is 13.8. The highest BCUT2D eigenvalue weighted by Crippen LogP contribution is 2.45. The smallest absolute Gasteiger partial charge is 0.220 e. The van der Waals surface area contributed by atoms with Crippen LogP contribution in [0.25, 0.3) is 11.1 Å². The molecule has 0 saturated carbocycles. The Kier molecular flexibility index (Phi) is 11.5. The van der Waals surface area contributed by atoms with Gasteiger partial charge in [-0.25, -0.2) is 4.39 Å². The van der Waals surface area contributed by atoms with E-state index in [4.69, 9.17) is 37.4 Å². The van der Waals surface area contributed by atoms with Crippen molar-refractivity contribution < 1.29 is 23.4 Å². The van der Waals surface area contributed by atoms with Gasteiger partial charge in [0.1, 0.15) is 29.5 Å². The number of hydrogen-bond donors (Lipinski definition) is 2. The van der Waals surface area contributed by atoms with Crippen LogP contribution in [0.2, 0.25) is 10.0 Å². The van der Waals surface area contributed by atoms with Crippen molar-refractivity contribution in [2.24, 2.45) is 0 Å². The zero-order chi connectivity index (χ0) is 32.8. The summed E-state index contributed by atoms with van der Waals surface area (Å²) in [5, 5.41) is 7.58. The highest BCUT2D eigenvalue weighted by Gasteiger charge is 2.29. The fraction of sp³-hybridized carbons (Fsp3) is 0.486. The van der Waals surface area contributed by atoms with E-state index in [1.54, 1.807) is 0 Å². The second kappa shape index (κ2) is 15.9. The van der Waals surface area contributed by atoms with E-state index in [1.165, 1.54) is 5.56 Å². The molecule has 0 unspecified atom stereocenters. The number of alkyl halides is 1. The van der Waals surface area contributed by atoms with Crippen LogP contribution < -0.4 is 24.8 Å². The van der Waals surface area contributed by atoms with E-state index in [1.807, 2.05) is 37.3 Å². The van der Waals surface area contributed by atoms with E-state index in [9.17, 15) is 9.18 Å². The van der Waals surface area contributed by atoms with Crippen LogP contribution in [-0.4, -0.2) is 62.4 Å². The zero-order valence-corrected chi connectivity index (χ0v) is 28.5. The summed E-state index contributed by atoms with van der Waals surface area (Å²) in [5.74, 6) is 2.10. The predicted octanol–water partition coefficient (Wildman–Crippen LogP) is 7.70. The van der Waals surface area contributed by atoms with Crippen LogP contribution in [0, 0.1) is 0 Å². The van der Waals surface area contributed by atoms with Crippen LogP contribution in [0.15, 0.2) is 48.5 Å². The number of fused-ring (bicyclic) bond motifs is 1. The quantitative estimate of drug-likeness (QED) is 0.180. The van der Waals surface area contributed by atoms with Crippen LogP contribution in [-0.2, 0) is 17.8 Å². The standard InChI is InChI=1S/C37H44Cl2FN3O4/c1-2-45-34-21-35(31(38)20-24(34)22-41-26-10-13-36(44)42-23-26)47-32-12-11-28-27(6-3-7-29(28)32)30-8-4-9-33(37(30)39)46-19-5-16-43-17-14-25(40)15-18-43/h3-4,6-9,20-21,25-26,32,41H,2,5,10-19,22-23H2,1H3,(H,42,44)/t26-,32-/m0/s1. The maximum atomic E-state index is 13.4. The van der Waals surface area contributed by atoms with Gasteiger partial charge in [0, 0.05) is 62.4 Å². The van der Waals surface area contributed by atoms with Gasteiger partial charge in [0.05, 0.1) is 23.3 Å². The van der Waals surface area contributed by atoms with Crippen molar-refractivity contribution in [1.82, 2.24) is 15.5 Å². The lowest BCUT2D eigenvalue weighted by Crippen LogP contribution is -2.45. The number of halogens is 3. The lowest BCUT2D eigenvalue weighted by atomic mass is 9.96. The van der Waals surface area contributed by atoms with Crippen LogP contribution >= 0.6 is 23.2 Å². The first-order valence-corrected chi connectivity index (χ1v) is 17.7. The molecule has 0 radical (unpaired) electrons. The van der Waals surface area contributed by atoms with Crippen molar-refractivity contribution in [3.8, 4) is 28.4 Å². The largest absolute Gasteiger partial charge is 0.493 e. The second-order valence-corrected chi connectivity index (χ2v) is 13.4. The van der Waals surface area contributed by atoms with E-state index in [0.717, 1.165) is 73.3 Å². The Hall–Kier alpha value is -3.04. The van der Waals surface area contributed by atoms with E-state index < -0.39 is 6.17 Å². The van der Waals surface area contributed by atoms with Crippen molar-refractivity contribution in [1.29, 1.82) is 0 Å². The van der Waals surface area contributed by atoms with E-state index in [0.29, 0.717) is 67.1 Å². The van der Waals surface area contributed by atoms with Gasteiger partial charge in [0.2, 0.25) is 5.91 Å². The molecule has 2 fully saturated rings. The number of ether oxygens (including phenoxy) is 3. The molecule has 3 aromatic carbocycles. The van der Waals surface area contributed by atoms with Gasteiger partial charge in [-0.15, -0.1) is 0 Å². The molecule has 0 spiro atoms. The van der Waals surface area contributed by atoms with E-state index in [2.05, 4.69) is 33.7 Å². The third-order valence-electron chi connectivity index (χ3n) is 9.39. The van der Waals surface area contributed by atoms with Gasteiger partial charge in [-0.1, -0.05) is 53.5 Å². The number of piperidine rings is 2. The molecule has 7 nitrogen and oxygen atoms in total. The van der Waals surface area contributed by atoms with Crippen LogP contribution in [0.1, 0.15) is 68.2 Å². The Balaban J connectivity index is 1.12. The molecule has 2 atom stereocenters. The van der Waals surface area contributed by atoms with Gasteiger partial charge in [-0.05, 0) is 74.3 Å². The van der Waals surface area contributed by atoms with Crippen LogP contribution in [0.4, 0.5) is 4.39 Å². The molecule has 2 heterocycles. The normalized spacial score (nSPS) is 20.1. The first kappa shape index (κ1) is 33.8. The lowest BCUT2D eigenvalue weighted by Gasteiger charge is -2.28. The molecule has 2 aliphatic heterocycles. The number of likely N-dealkylation sites (tertiary alicyclic amines) is 1. The molecule has 1 amide bonds. The molecule has 3 aliphatic rings. The number of carbonyl (C=O) groups excluding carboxylic acids is 1. The maximum Gasteiger partial charge on any atom is 0.220 e. The molecule has 47 heavy (non-hydrogen) atoms. The predicted molar refractivity (Wildman–Crippen MR) is 185 cm³/mol.